The lowest BCUT2D eigenvalue weighted by atomic mass is 10.5. The zero-order valence-electron chi connectivity index (χ0n) is 9.33. The van der Waals surface area contributed by atoms with Gasteiger partial charge in [0.05, 0.1) is 19.5 Å². The van der Waals surface area contributed by atoms with Gasteiger partial charge >= 0.3 is 8.03 Å². The van der Waals surface area contributed by atoms with Crippen LogP contribution >= 0.6 is 8.03 Å². The van der Waals surface area contributed by atoms with Crippen molar-refractivity contribution in [1.29, 1.82) is 5.41 Å². The van der Waals surface area contributed by atoms with Gasteiger partial charge < -0.3 is 15.5 Å². The molecule has 0 aliphatic rings. The van der Waals surface area contributed by atoms with Crippen LogP contribution in [0.2, 0.25) is 0 Å². The summed E-state index contributed by atoms with van der Waals surface area (Å²) in [7, 11) is -2.31. The molecule has 0 spiro atoms. The predicted molar refractivity (Wildman–Crippen MR) is 62.8 cm³/mol. The molecule has 2 aromatic rings. The number of imidazole rings is 1. The average Bonchev–Trinajstić information content (AvgIpc) is 2.75. The van der Waals surface area contributed by atoms with E-state index >= 15 is 0 Å². The normalized spacial score (nSPS) is 11.9. The van der Waals surface area contributed by atoms with E-state index in [1.54, 1.807) is 0 Å². The van der Waals surface area contributed by atoms with E-state index in [-0.39, 0.29) is 30.9 Å². The zero-order valence-corrected chi connectivity index (χ0v) is 10.2. The second kappa shape index (κ2) is 5.21. The number of ether oxygens (including phenoxy) is 1. The second-order valence-electron chi connectivity index (χ2n) is 3.46. The molecule has 2 rings (SSSR count). The maximum atomic E-state index is 10.4. The standard InChI is InChI=1S/C8H11N6O3P/c9-6-5-7(12-3-11-5)13-8(10)14(6)1-2-17-4-18(15)16/h3,9H,1-2,4H2,(H3-,10,11,12,13,15,16)/p+1. The van der Waals surface area contributed by atoms with Crippen LogP contribution in [-0.4, -0.2) is 37.4 Å². The Labute approximate surface area is 102 Å². The number of nitrogens with one attached hydrogen (secondary N) is 2. The molecule has 0 aromatic carbocycles. The van der Waals surface area contributed by atoms with Crippen molar-refractivity contribution in [3.8, 4) is 0 Å². The van der Waals surface area contributed by atoms with E-state index in [4.69, 9.17) is 20.8 Å². The lowest BCUT2D eigenvalue weighted by Gasteiger charge is -2.08. The molecule has 0 bridgehead atoms. The monoisotopic (exact) mass is 271 g/mol. The maximum absolute atomic E-state index is 10.4. The number of rotatable bonds is 5. The topological polar surface area (TPSA) is 143 Å². The summed E-state index contributed by atoms with van der Waals surface area (Å²) in [6.45, 7) is 0.444. The fraction of sp³-hybridized carbons (Fsp3) is 0.375. The van der Waals surface area contributed by atoms with Gasteiger partial charge in [0.2, 0.25) is 5.95 Å². The number of nitrogens with two attached hydrogens (primary N) is 1. The number of aromatic amines is 1. The minimum Gasteiger partial charge on any atom is -0.369 e. The summed E-state index contributed by atoms with van der Waals surface area (Å²) >= 11 is 0. The van der Waals surface area contributed by atoms with Gasteiger partial charge in [-0.3, -0.25) is 9.98 Å². The molecule has 0 fully saturated rings. The van der Waals surface area contributed by atoms with E-state index in [0.717, 1.165) is 0 Å². The Morgan fingerprint density at radius 2 is 2.44 bits per heavy atom. The van der Waals surface area contributed by atoms with Gasteiger partial charge in [0.25, 0.3) is 6.35 Å². The highest BCUT2D eigenvalue weighted by Gasteiger charge is 2.11. The van der Waals surface area contributed by atoms with E-state index in [9.17, 15) is 4.57 Å². The molecule has 96 valence electrons. The van der Waals surface area contributed by atoms with Crippen molar-refractivity contribution in [2.75, 3.05) is 18.7 Å². The van der Waals surface area contributed by atoms with Crippen molar-refractivity contribution in [2.24, 2.45) is 0 Å². The zero-order chi connectivity index (χ0) is 13.1. The van der Waals surface area contributed by atoms with Crippen LogP contribution in [0.5, 0.6) is 0 Å². The maximum Gasteiger partial charge on any atom is 0.534 e. The third-order valence-electron chi connectivity index (χ3n) is 2.28. The molecule has 0 aliphatic heterocycles. The van der Waals surface area contributed by atoms with Crippen LogP contribution in [0.25, 0.3) is 11.2 Å². The molecule has 0 saturated heterocycles. The highest BCUT2D eigenvalue weighted by molar-refractivity contribution is 7.37. The van der Waals surface area contributed by atoms with Gasteiger partial charge in [-0.1, -0.05) is 0 Å². The van der Waals surface area contributed by atoms with Crippen LogP contribution in [0, 0.1) is 5.41 Å². The van der Waals surface area contributed by atoms with Crippen LogP contribution in [-0.2, 0) is 15.8 Å². The SMILES string of the molecule is N=c1c2[nH]cnc2nc(N)n1CCOC[P+](=O)O. The summed E-state index contributed by atoms with van der Waals surface area (Å²) in [6, 6.07) is 0. The number of nitrogens with zero attached hydrogens (tertiary/aromatic N) is 3. The molecular weight excluding hydrogens is 259 g/mol. The van der Waals surface area contributed by atoms with Crippen LogP contribution in [0.4, 0.5) is 5.95 Å². The number of anilines is 1. The van der Waals surface area contributed by atoms with E-state index in [1.807, 2.05) is 0 Å². The molecule has 0 amide bonds. The quantitative estimate of drug-likeness (QED) is 0.427. The molecule has 1 unspecified atom stereocenters. The van der Waals surface area contributed by atoms with Gasteiger partial charge in [-0.2, -0.15) is 9.88 Å². The third kappa shape index (κ3) is 2.53. The summed E-state index contributed by atoms with van der Waals surface area (Å²) in [5, 5.41) is 7.93. The van der Waals surface area contributed by atoms with E-state index in [0.29, 0.717) is 11.2 Å². The van der Waals surface area contributed by atoms with Gasteiger partial charge in [-0.15, -0.1) is 0 Å². The fourth-order valence-electron chi connectivity index (χ4n) is 1.49. The van der Waals surface area contributed by atoms with Gasteiger partial charge in [0.15, 0.2) is 11.1 Å². The highest BCUT2D eigenvalue weighted by atomic mass is 31.1. The molecule has 0 aliphatic carbocycles. The van der Waals surface area contributed by atoms with Gasteiger partial charge in [-0.05, 0) is 4.57 Å². The van der Waals surface area contributed by atoms with E-state index in [1.165, 1.54) is 10.9 Å². The van der Waals surface area contributed by atoms with Crippen molar-refractivity contribution in [2.45, 2.75) is 6.54 Å². The number of hydrogen-bond acceptors (Lipinski definition) is 6. The first-order chi connectivity index (χ1) is 8.59. The van der Waals surface area contributed by atoms with Crippen molar-refractivity contribution in [1.82, 2.24) is 19.5 Å². The van der Waals surface area contributed by atoms with Gasteiger partial charge in [0.1, 0.15) is 5.52 Å². The Hall–Kier alpha value is -1.83. The molecule has 0 saturated carbocycles. The first kappa shape index (κ1) is 12.6. The summed E-state index contributed by atoms with van der Waals surface area (Å²) < 4.78 is 16.8. The molecule has 10 heteroatoms. The van der Waals surface area contributed by atoms with Crippen LogP contribution in [0.1, 0.15) is 0 Å². The van der Waals surface area contributed by atoms with Crippen molar-refractivity contribution >= 4 is 25.1 Å². The Balaban J connectivity index is 2.17. The Morgan fingerprint density at radius 1 is 1.67 bits per heavy atom. The summed E-state index contributed by atoms with van der Waals surface area (Å²) in [4.78, 5) is 19.3. The summed E-state index contributed by atoms with van der Waals surface area (Å²) in [6.07, 6.45) is 1.20. The third-order valence-corrected chi connectivity index (χ3v) is 2.69. The molecule has 2 aromatic heterocycles. The summed E-state index contributed by atoms with van der Waals surface area (Å²) in [5.41, 5.74) is 6.72. The van der Waals surface area contributed by atoms with E-state index in [2.05, 4.69) is 15.0 Å². The average molecular weight is 271 g/mol. The first-order valence-electron chi connectivity index (χ1n) is 5.05. The molecule has 5 N–H and O–H groups in total. The minimum atomic E-state index is -2.31. The number of H-pyrrole nitrogens is 1. The molecule has 0 radical (unpaired) electrons. The second-order valence-corrected chi connectivity index (χ2v) is 4.42. The van der Waals surface area contributed by atoms with Gasteiger partial charge in [0, 0.05) is 0 Å². The molecule has 2 heterocycles. The largest absolute Gasteiger partial charge is 0.534 e. The summed E-state index contributed by atoms with van der Waals surface area (Å²) in [5.74, 6) is 0.150. The first-order valence-corrected chi connectivity index (χ1v) is 6.44. The number of fused-ring (bicyclic) bond motifs is 1. The number of aromatic nitrogens is 4. The van der Waals surface area contributed by atoms with Crippen LogP contribution in [0.3, 0.4) is 0 Å². The lowest BCUT2D eigenvalue weighted by molar-refractivity contribution is 0.161. The highest BCUT2D eigenvalue weighted by Crippen LogP contribution is 2.11. The molecule has 18 heavy (non-hydrogen) atoms. The lowest BCUT2D eigenvalue weighted by Crippen LogP contribution is -2.26. The Bertz CT molecular complexity index is 635. The van der Waals surface area contributed by atoms with Crippen molar-refractivity contribution < 1.29 is 14.2 Å². The van der Waals surface area contributed by atoms with Gasteiger partial charge in [-0.25, -0.2) is 4.98 Å². The van der Waals surface area contributed by atoms with Crippen molar-refractivity contribution in [3.05, 3.63) is 11.8 Å². The van der Waals surface area contributed by atoms with Crippen LogP contribution < -0.4 is 11.2 Å². The molecular formula is C8H12N6O3P+. The van der Waals surface area contributed by atoms with Crippen LogP contribution in [0.15, 0.2) is 6.33 Å². The fourth-order valence-corrected chi connectivity index (χ4v) is 1.77. The molecule has 9 nitrogen and oxygen atoms in total. The van der Waals surface area contributed by atoms with Crippen molar-refractivity contribution in [3.63, 3.8) is 0 Å². The Morgan fingerprint density at radius 3 is 3.17 bits per heavy atom. The Kier molecular flexibility index (Phi) is 3.66. The smallest absolute Gasteiger partial charge is 0.369 e. The predicted octanol–water partition coefficient (Wildman–Crippen LogP) is -0.470. The number of nitrogen functional groups attached to an aromatic ring is 1. The number of hydrogen-bond donors (Lipinski definition) is 4. The van der Waals surface area contributed by atoms with E-state index < -0.39 is 8.03 Å². The minimum absolute atomic E-state index is 0.145. The molecule has 1 atom stereocenters.